The molecule has 0 aromatic carbocycles. The van der Waals surface area contributed by atoms with Crippen molar-refractivity contribution in [3.8, 4) is 0 Å². The van der Waals surface area contributed by atoms with Crippen LogP contribution >= 0.6 is 0 Å². The molecular formula is C11H17N3O2. The Labute approximate surface area is 95.0 Å². The molecule has 1 aromatic rings. The summed E-state index contributed by atoms with van der Waals surface area (Å²) in [7, 11) is 0. The lowest BCUT2D eigenvalue weighted by molar-refractivity contribution is 0.0572. The lowest BCUT2D eigenvalue weighted by Gasteiger charge is -2.29. The van der Waals surface area contributed by atoms with Gasteiger partial charge in [0.05, 0.1) is 0 Å². The third-order valence-corrected chi connectivity index (χ3v) is 2.33. The normalized spacial score (nSPS) is 15.8. The van der Waals surface area contributed by atoms with Crippen molar-refractivity contribution < 1.29 is 9.53 Å². The van der Waals surface area contributed by atoms with Gasteiger partial charge in [0.1, 0.15) is 5.60 Å². The summed E-state index contributed by atoms with van der Waals surface area (Å²) in [4.78, 5) is 17.7. The van der Waals surface area contributed by atoms with Crippen molar-refractivity contribution in [2.75, 3.05) is 11.4 Å². The van der Waals surface area contributed by atoms with Crippen LogP contribution in [0.4, 0.5) is 10.7 Å². The maximum absolute atomic E-state index is 11.9. The predicted octanol–water partition coefficient (Wildman–Crippen LogP) is 2.03. The van der Waals surface area contributed by atoms with Crippen molar-refractivity contribution in [2.45, 2.75) is 39.3 Å². The van der Waals surface area contributed by atoms with Crippen LogP contribution in [0, 0.1) is 0 Å². The first-order chi connectivity index (χ1) is 7.47. The first-order valence-electron chi connectivity index (χ1n) is 5.49. The lowest BCUT2D eigenvalue weighted by Crippen LogP contribution is -2.41. The molecule has 0 fully saturated rings. The first-order valence-corrected chi connectivity index (χ1v) is 5.49. The van der Waals surface area contributed by atoms with E-state index in [0.717, 1.165) is 13.0 Å². The molecule has 0 aliphatic carbocycles. The number of carbonyl (C=O) groups is 1. The van der Waals surface area contributed by atoms with Gasteiger partial charge in [0.25, 0.3) is 0 Å². The molecule has 0 radical (unpaired) electrons. The highest BCUT2D eigenvalue weighted by Gasteiger charge is 2.28. The van der Waals surface area contributed by atoms with E-state index >= 15 is 0 Å². The number of anilines is 1. The Bertz CT molecular complexity index is 392. The van der Waals surface area contributed by atoms with Crippen LogP contribution in [-0.4, -0.2) is 27.8 Å². The summed E-state index contributed by atoms with van der Waals surface area (Å²) in [5.74, 6) is 0.681. The van der Waals surface area contributed by atoms with Crippen LogP contribution in [0.1, 0.15) is 27.2 Å². The smallest absolute Gasteiger partial charge is 0.417 e. The van der Waals surface area contributed by atoms with Crippen LogP contribution in [0.2, 0.25) is 0 Å². The van der Waals surface area contributed by atoms with Gasteiger partial charge in [0.2, 0.25) is 5.95 Å². The fraction of sp³-hybridized carbons (Fsp3) is 0.636. The number of carbonyl (C=O) groups excluding carboxylic acids is 1. The maximum Gasteiger partial charge on any atom is 0.417 e. The summed E-state index contributed by atoms with van der Waals surface area (Å²) < 4.78 is 7.30. The molecule has 0 spiro atoms. The zero-order valence-corrected chi connectivity index (χ0v) is 9.93. The van der Waals surface area contributed by atoms with Crippen LogP contribution in [0.15, 0.2) is 12.4 Å². The number of fused-ring (bicyclic) bond motifs is 1. The molecule has 88 valence electrons. The molecular weight excluding hydrogens is 206 g/mol. The number of aryl methyl sites for hydroxylation is 1. The van der Waals surface area contributed by atoms with Crippen molar-refractivity contribution >= 4 is 12.0 Å². The van der Waals surface area contributed by atoms with Crippen LogP contribution < -0.4 is 4.90 Å². The van der Waals surface area contributed by atoms with E-state index in [2.05, 4.69) is 4.98 Å². The standard InChI is InChI=1S/C11H17N3O2/c1-11(2,3)16-10(15)14-7-4-6-13-8-5-12-9(13)14/h5,8H,4,6-7H2,1-3H3. The first kappa shape index (κ1) is 11.0. The number of amides is 1. The minimum Gasteiger partial charge on any atom is -0.443 e. The van der Waals surface area contributed by atoms with Crippen LogP contribution in [0.5, 0.6) is 0 Å². The van der Waals surface area contributed by atoms with Gasteiger partial charge in [-0.05, 0) is 27.2 Å². The second kappa shape index (κ2) is 3.81. The Morgan fingerprint density at radius 3 is 2.88 bits per heavy atom. The summed E-state index contributed by atoms with van der Waals surface area (Å²) in [5.41, 5.74) is -0.466. The number of hydrogen-bond donors (Lipinski definition) is 0. The molecule has 0 atom stereocenters. The van der Waals surface area contributed by atoms with Crippen molar-refractivity contribution in [3.05, 3.63) is 12.4 Å². The minimum absolute atomic E-state index is 0.320. The molecule has 2 rings (SSSR count). The lowest BCUT2D eigenvalue weighted by atomic mass is 10.2. The van der Waals surface area contributed by atoms with Gasteiger partial charge < -0.3 is 9.30 Å². The Hall–Kier alpha value is -1.52. The molecule has 0 N–H and O–H groups in total. The molecule has 1 aliphatic rings. The van der Waals surface area contributed by atoms with Crippen molar-refractivity contribution in [1.82, 2.24) is 9.55 Å². The van der Waals surface area contributed by atoms with Gasteiger partial charge in [0.15, 0.2) is 0 Å². The number of aromatic nitrogens is 2. The van der Waals surface area contributed by atoms with Gasteiger partial charge in [-0.25, -0.2) is 14.7 Å². The topological polar surface area (TPSA) is 47.4 Å². The Balaban J connectivity index is 2.15. The van der Waals surface area contributed by atoms with E-state index in [-0.39, 0.29) is 6.09 Å². The molecule has 0 saturated heterocycles. The number of rotatable bonds is 0. The van der Waals surface area contributed by atoms with Crippen LogP contribution in [0.25, 0.3) is 0 Å². The van der Waals surface area contributed by atoms with Gasteiger partial charge in [-0.1, -0.05) is 0 Å². The predicted molar refractivity (Wildman–Crippen MR) is 60.4 cm³/mol. The van der Waals surface area contributed by atoms with Gasteiger partial charge in [0, 0.05) is 25.5 Å². The number of ether oxygens (including phenoxy) is 1. The minimum atomic E-state index is -0.466. The van der Waals surface area contributed by atoms with E-state index in [9.17, 15) is 4.79 Å². The molecule has 1 aromatic heterocycles. The quantitative estimate of drug-likeness (QED) is 0.676. The van der Waals surface area contributed by atoms with Crippen molar-refractivity contribution in [1.29, 1.82) is 0 Å². The van der Waals surface area contributed by atoms with Gasteiger partial charge >= 0.3 is 6.09 Å². The van der Waals surface area contributed by atoms with E-state index < -0.39 is 5.60 Å². The average molecular weight is 223 g/mol. The van der Waals surface area contributed by atoms with Crippen LogP contribution in [0.3, 0.4) is 0 Å². The number of imidazole rings is 1. The molecule has 5 heteroatoms. The van der Waals surface area contributed by atoms with Crippen LogP contribution in [-0.2, 0) is 11.3 Å². The zero-order chi connectivity index (χ0) is 11.8. The molecule has 1 aliphatic heterocycles. The molecule has 2 heterocycles. The molecule has 1 amide bonds. The van der Waals surface area contributed by atoms with E-state index in [4.69, 9.17) is 4.74 Å². The third kappa shape index (κ3) is 2.18. The summed E-state index contributed by atoms with van der Waals surface area (Å²) in [6.45, 7) is 7.17. The second-order valence-electron chi connectivity index (χ2n) is 4.91. The highest BCUT2D eigenvalue weighted by molar-refractivity contribution is 5.86. The Morgan fingerprint density at radius 1 is 1.44 bits per heavy atom. The van der Waals surface area contributed by atoms with Crippen molar-refractivity contribution in [2.24, 2.45) is 0 Å². The van der Waals surface area contributed by atoms with Gasteiger partial charge in [-0.2, -0.15) is 0 Å². The third-order valence-electron chi connectivity index (χ3n) is 2.33. The van der Waals surface area contributed by atoms with E-state index in [1.807, 2.05) is 31.5 Å². The summed E-state index contributed by atoms with van der Waals surface area (Å²) >= 11 is 0. The highest BCUT2D eigenvalue weighted by Crippen LogP contribution is 2.20. The van der Waals surface area contributed by atoms with Gasteiger partial charge in [-0.3, -0.25) is 0 Å². The molecule has 16 heavy (non-hydrogen) atoms. The summed E-state index contributed by atoms with van der Waals surface area (Å²) in [5, 5.41) is 0. The number of hydrogen-bond acceptors (Lipinski definition) is 3. The molecule has 0 saturated carbocycles. The highest BCUT2D eigenvalue weighted by atomic mass is 16.6. The van der Waals surface area contributed by atoms with Crippen molar-refractivity contribution in [3.63, 3.8) is 0 Å². The van der Waals surface area contributed by atoms with E-state index in [0.29, 0.717) is 12.5 Å². The maximum atomic E-state index is 11.9. The summed E-state index contributed by atoms with van der Waals surface area (Å²) in [6.07, 6.45) is 4.20. The number of nitrogens with zero attached hydrogens (tertiary/aromatic N) is 3. The monoisotopic (exact) mass is 223 g/mol. The Kier molecular flexibility index (Phi) is 2.61. The molecule has 0 bridgehead atoms. The molecule has 5 nitrogen and oxygen atoms in total. The zero-order valence-electron chi connectivity index (χ0n) is 9.93. The van der Waals surface area contributed by atoms with E-state index in [1.54, 1.807) is 11.1 Å². The Morgan fingerprint density at radius 2 is 2.19 bits per heavy atom. The van der Waals surface area contributed by atoms with Gasteiger partial charge in [-0.15, -0.1) is 0 Å². The second-order valence-corrected chi connectivity index (χ2v) is 4.91. The SMILES string of the molecule is CC(C)(C)OC(=O)N1CCCn2ccnc21. The van der Waals surface area contributed by atoms with E-state index in [1.165, 1.54) is 0 Å². The average Bonchev–Trinajstić information content (AvgIpc) is 2.61. The summed E-state index contributed by atoms with van der Waals surface area (Å²) in [6, 6.07) is 0. The fourth-order valence-electron chi connectivity index (χ4n) is 1.71. The molecule has 0 unspecified atom stereocenters. The largest absolute Gasteiger partial charge is 0.443 e. The fourth-order valence-corrected chi connectivity index (χ4v) is 1.71.